The number of hydrogen-bond acceptors (Lipinski definition) is 0. The summed E-state index contributed by atoms with van der Waals surface area (Å²) in [4.78, 5) is 0. The summed E-state index contributed by atoms with van der Waals surface area (Å²) < 4.78 is 0. The van der Waals surface area contributed by atoms with Gasteiger partial charge in [0, 0.05) is 0 Å². The molecule has 15 rings (SSSR count). The van der Waals surface area contributed by atoms with Gasteiger partial charge in [0.1, 0.15) is 0 Å². The van der Waals surface area contributed by atoms with Gasteiger partial charge in [-0.05, 0) is 273 Å². The van der Waals surface area contributed by atoms with Gasteiger partial charge in [-0.3, -0.25) is 0 Å². The SMILES string of the molecule is C.C.C.C.C.C.C.C.C.C.C.C.C.CC(C)C1CCCC1.CC1(C)CCCCC1.CC1C2CCC1CC2.CC1CC(C)C(C)C1.CC1CCC(C)C1C.CC1CCCC1(C)C.CCC1(C)CCCC1.CCC1(C)CCCC1.CCC1CCCC1C.CCCC1CCCC1.C[C@H]1CC2CCC1C2.C[C@H]1CCC(C)(C)C1.C[C@H]1CCCC1(C)C. The number of fused-ring (bicyclic) bond motifs is 4. The normalized spacial score (nSPS) is 32.2. The second-order valence-electron chi connectivity index (χ2n) is 45.5. The molecule has 0 aliphatic heterocycles. The summed E-state index contributed by atoms with van der Waals surface area (Å²) >= 11 is 0. The standard InChI is InChI=1S/2C8H14.11C8H16.13CH4/c1-6-4-7-2-3-8(6)5-7;1-6-7-2-3-8(6)5-4-7;1-6-4-7(2)8(3)5-6;1-7-4-5-8(2,3)6-7;2*1-7-5-4-6-8(7,2)3;1-6-4-5-7(2)8(6)3;1-8(2)6-4-3-5-7-8;1-7(2)8-5-3-4-6-8;2*1-3-8(2)6-4-5-7-8;1-3-8-6-4-5-7(8)2;1-2-5-8-6-3-4-7-8;;;;;;;;;;;;;/h2*6-8H,2-5H2,1H3;6-8H,4-5H2,1-3H3;3*7H,4-6H2,1-3H3;6-8H,4-5H2,1-3H3;3-7H2,1-2H3;7-8H,3-6H2,1-2H3;2*3-7H2,1-2H3;7-8H,3-6H2,1-2H3;8H,2-7H2,1H3;13*1H4/t6-,7?,8?;;;2*7-;;;;;;;;;;;;;;;;;;;;;/m0..00...................../s1. The third-order valence-electron chi connectivity index (χ3n) is 34.2. The first-order valence-corrected chi connectivity index (χ1v) is 48.8. The van der Waals surface area contributed by atoms with Crippen LogP contribution in [0, 0.1) is 151 Å². The highest BCUT2D eigenvalue weighted by Crippen LogP contribution is 2.50. The average Bonchev–Trinajstić information content (AvgIpc) is 2.12. The van der Waals surface area contributed by atoms with Crippen molar-refractivity contribution in [3.8, 4) is 0 Å². The smallest absolute Gasteiger partial charge is 0.0328 e. The Morgan fingerprint density at radius 2 is 0.675 bits per heavy atom. The van der Waals surface area contributed by atoms with Crippen LogP contribution in [-0.4, -0.2) is 0 Å². The van der Waals surface area contributed by atoms with Gasteiger partial charge in [0.05, 0.1) is 0 Å². The largest absolute Gasteiger partial charge is 0.0776 e. The van der Waals surface area contributed by atoms with Crippen LogP contribution in [0.2, 0.25) is 0 Å². The van der Waals surface area contributed by atoms with Gasteiger partial charge < -0.3 is 0 Å². The fraction of sp³-hybridized carbons (Fsp3) is 1.00. The van der Waals surface area contributed by atoms with Crippen LogP contribution in [0.1, 0.15) is 611 Å². The molecule has 0 heteroatoms. The highest BCUT2D eigenvalue weighted by Gasteiger charge is 2.39. The first-order valence-electron chi connectivity index (χ1n) is 48.8. The zero-order valence-electron chi connectivity index (χ0n) is 77.9. The van der Waals surface area contributed by atoms with Crippen LogP contribution in [0.15, 0.2) is 0 Å². The van der Waals surface area contributed by atoms with E-state index in [9.17, 15) is 0 Å². The first-order chi connectivity index (χ1) is 48.8. The lowest BCUT2D eigenvalue weighted by Crippen LogP contribution is -2.14. The van der Waals surface area contributed by atoms with E-state index in [1.54, 1.807) is 51.4 Å². The Morgan fingerprint density at radius 1 is 0.282 bits per heavy atom. The molecule has 0 aromatic carbocycles. The minimum absolute atomic E-state index is 0. The second-order valence-corrected chi connectivity index (χ2v) is 45.5. The molecular weight excluding hydrogens is 1410 g/mol. The van der Waals surface area contributed by atoms with Gasteiger partial charge in [-0.25, -0.2) is 0 Å². The molecule has 0 aromatic rings. The second kappa shape index (κ2) is 72.0. The van der Waals surface area contributed by atoms with Crippen LogP contribution >= 0.6 is 0 Å². The van der Waals surface area contributed by atoms with E-state index in [0.717, 1.165) is 129 Å². The Balaban J connectivity index is -0.000000115. The molecule has 0 N–H and O–H groups in total. The van der Waals surface area contributed by atoms with E-state index >= 15 is 0 Å². The molecule has 15 aliphatic rings. The molecule has 9 unspecified atom stereocenters. The van der Waals surface area contributed by atoms with E-state index in [0.29, 0.717) is 21.7 Å². The Kier molecular flexibility index (Phi) is 86.2. The number of hydrogen-bond donors (Lipinski definition) is 0. The summed E-state index contributed by atoms with van der Waals surface area (Å²) in [6.07, 6.45) is 73.9. The van der Waals surface area contributed by atoms with Gasteiger partial charge in [0.2, 0.25) is 0 Å². The Labute approximate surface area is 757 Å². The topological polar surface area (TPSA) is 0 Å². The van der Waals surface area contributed by atoms with Crippen molar-refractivity contribution < 1.29 is 0 Å². The van der Waals surface area contributed by atoms with Gasteiger partial charge >= 0.3 is 0 Å². The lowest BCUT2D eigenvalue weighted by molar-refractivity contribution is 0.244. The molecule has 15 fully saturated rings. The summed E-state index contributed by atoms with van der Waals surface area (Å²) in [5.74, 6) is 20.8. The van der Waals surface area contributed by atoms with Crippen molar-refractivity contribution in [1.29, 1.82) is 0 Å². The van der Waals surface area contributed by atoms with Crippen LogP contribution in [-0.2, 0) is 0 Å². The fourth-order valence-electron chi connectivity index (χ4n) is 23.2. The van der Waals surface area contributed by atoms with E-state index in [4.69, 9.17) is 0 Å². The monoisotopic (exact) mass is 1660 g/mol. The average molecular weight is 1660 g/mol. The van der Waals surface area contributed by atoms with Crippen molar-refractivity contribution in [2.75, 3.05) is 0 Å². The quantitative estimate of drug-likeness (QED) is 0.249. The molecule has 15 aliphatic carbocycles. The molecule has 0 heterocycles. The van der Waals surface area contributed by atoms with Crippen molar-refractivity contribution in [2.45, 2.75) is 611 Å². The van der Waals surface area contributed by atoms with Gasteiger partial charge in [-0.1, -0.05) is 489 Å². The van der Waals surface area contributed by atoms with Gasteiger partial charge in [-0.2, -0.15) is 0 Å². The van der Waals surface area contributed by atoms with Gasteiger partial charge in [0.15, 0.2) is 0 Å². The Bertz CT molecular complexity index is 1930. The van der Waals surface area contributed by atoms with Crippen molar-refractivity contribution in [1.82, 2.24) is 0 Å². The van der Waals surface area contributed by atoms with Crippen molar-refractivity contribution in [3.63, 3.8) is 0 Å². The molecule has 0 radical (unpaired) electrons. The molecule has 0 nitrogen and oxygen atoms in total. The number of rotatable bonds is 6. The third kappa shape index (κ3) is 56.1. The van der Waals surface area contributed by atoms with E-state index in [-0.39, 0.29) is 96.5 Å². The maximum Gasteiger partial charge on any atom is -0.0328 e. The molecule has 0 spiro atoms. The van der Waals surface area contributed by atoms with Crippen LogP contribution < -0.4 is 0 Å². The third-order valence-corrected chi connectivity index (χ3v) is 34.2. The molecule has 4 bridgehead atoms. The first kappa shape index (κ1) is 140. The van der Waals surface area contributed by atoms with Crippen molar-refractivity contribution in [3.05, 3.63) is 0 Å². The lowest BCUT2D eigenvalue weighted by Gasteiger charge is -2.28. The Hall–Kier alpha value is 0. The molecule has 0 aromatic heterocycles. The maximum atomic E-state index is 2.44. The maximum absolute atomic E-state index is 2.44. The summed E-state index contributed by atoms with van der Waals surface area (Å²) in [6.45, 7) is 66.3. The molecule has 12 atom stereocenters. The molecule has 15 saturated carbocycles. The van der Waals surface area contributed by atoms with Crippen molar-refractivity contribution in [2.24, 2.45) is 151 Å². The van der Waals surface area contributed by atoms with Crippen LogP contribution in [0.5, 0.6) is 0 Å². The fourth-order valence-corrected chi connectivity index (χ4v) is 23.2. The molecule has 0 amide bonds. The zero-order valence-corrected chi connectivity index (χ0v) is 77.9. The predicted molar refractivity (Wildman–Crippen MR) is 562 cm³/mol. The van der Waals surface area contributed by atoms with Gasteiger partial charge in [0.25, 0.3) is 0 Å². The van der Waals surface area contributed by atoms with E-state index < -0.39 is 0 Å². The molecule has 117 heavy (non-hydrogen) atoms. The molecule has 724 valence electrons. The summed E-state index contributed by atoms with van der Waals surface area (Å²) in [5, 5.41) is 0. The van der Waals surface area contributed by atoms with Crippen LogP contribution in [0.4, 0.5) is 0 Å². The summed E-state index contributed by atoms with van der Waals surface area (Å²) in [6, 6.07) is 0. The minimum atomic E-state index is 0. The van der Waals surface area contributed by atoms with E-state index in [1.807, 2.05) is 0 Å². The molecule has 0 saturated heterocycles. The Morgan fingerprint density at radius 3 is 0.838 bits per heavy atom. The van der Waals surface area contributed by atoms with E-state index in [1.165, 1.54) is 270 Å². The van der Waals surface area contributed by atoms with Crippen molar-refractivity contribution >= 4 is 0 Å². The summed E-state index contributed by atoms with van der Waals surface area (Å²) in [5.41, 5.74) is 4.12. The predicted octanol–water partition coefficient (Wildman–Crippen LogP) is 44.6. The lowest BCUT2D eigenvalue weighted by atomic mass is 9.78. The van der Waals surface area contributed by atoms with Crippen LogP contribution in [0.25, 0.3) is 0 Å². The highest BCUT2D eigenvalue weighted by molar-refractivity contribution is 4.90. The minimum Gasteiger partial charge on any atom is -0.0776 e. The zero-order chi connectivity index (χ0) is 77.9. The van der Waals surface area contributed by atoms with E-state index in [2.05, 4.69) is 194 Å². The highest BCUT2D eigenvalue weighted by atomic mass is 14.4. The molecular formula is C117H256. The summed E-state index contributed by atoms with van der Waals surface area (Å²) in [7, 11) is 0. The van der Waals surface area contributed by atoms with Gasteiger partial charge in [-0.15, -0.1) is 0 Å². The van der Waals surface area contributed by atoms with Crippen LogP contribution in [0.3, 0.4) is 0 Å².